The van der Waals surface area contributed by atoms with Crippen LogP contribution in [0.15, 0.2) is 9.95 Å². The molecule has 1 heterocycles. The van der Waals surface area contributed by atoms with Gasteiger partial charge in [-0.05, 0) is 0 Å². The van der Waals surface area contributed by atoms with Crippen LogP contribution >= 0.6 is 11.8 Å². The first-order valence-corrected chi connectivity index (χ1v) is 4.76. The van der Waals surface area contributed by atoms with Crippen molar-refractivity contribution in [3.8, 4) is 0 Å². The Morgan fingerprint density at radius 3 is 3.00 bits per heavy atom. The van der Waals surface area contributed by atoms with E-state index in [1.165, 1.54) is 16.3 Å². The number of nitrogens with zero attached hydrogens (tertiary/aromatic N) is 2. The van der Waals surface area contributed by atoms with E-state index in [2.05, 4.69) is 10.2 Å². The lowest BCUT2D eigenvalue weighted by atomic mass is 10.4. The minimum absolute atomic E-state index is 0.214. The number of aromatic amines is 1. The average Bonchev–Trinajstić information content (AvgIpc) is 2.44. The third-order valence-electron chi connectivity index (χ3n) is 1.52. The molecule has 4 N–H and O–H groups in total. The number of aromatic nitrogens is 3. The Bertz CT molecular complexity index is 321. The van der Waals surface area contributed by atoms with Gasteiger partial charge >= 0.3 is 5.69 Å². The van der Waals surface area contributed by atoms with Crippen molar-refractivity contribution < 1.29 is 5.11 Å². The lowest BCUT2D eigenvalue weighted by Gasteiger charge is -2.04. The second kappa shape index (κ2) is 4.45. The summed E-state index contributed by atoms with van der Waals surface area (Å²) in [5.74, 6) is 0.439. The highest BCUT2D eigenvalue weighted by atomic mass is 32.2. The summed E-state index contributed by atoms with van der Waals surface area (Å²) in [6, 6.07) is 0. The van der Waals surface area contributed by atoms with Crippen LogP contribution in [0.5, 0.6) is 0 Å². The Hall–Kier alpha value is -0.790. The molecule has 0 radical (unpaired) electrons. The molecule has 1 unspecified atom stereocenters. The molecule has 0 bridgehead atoms. The fraction of sp³-hybridized carbons (Fsp3) is 0.667. The normalized spacial score (nSPS) is 13.2. The molecule has 0 aliphatic rings. The molecular formula is C6H12N4O2S. The van der Waals surface area contributed by atoms with E-state index in [4.69, 9.17) is 10.8 Å². The summed E-state index contributed by atoms with van der Waals surface area (Å²) in [5.41, 5.74) is 4.96. The quantitative estimate of drug-likeness (QED) is 0.520. The fourth-order valence-corrected chi connectivity index (χ4v) is 1.56. The fourth-order valence-electron chi connectivity index (χ4n) is 0.700. The predicted octanol–water partition coefficient (Wildman–Crippen LogP) is -1.48. The Morgan fingerprint density at radius 1 is 1.85 bits per heavy atom. The molecule has 1 rings (SSSR count). The first-order valence-electron chi connectivity index (χ1n) is 3.77. The lowest BCUT2D eigenvalue weighted by Crippen LogP contribution is -2.22. The third-order valence-corrected chi connectivity index (χ3v) is 2.69. The number of hydrogen-bond donors (Lipinski definition) is 3. The van der Waals surface area contributed by atoms with Gasteiger partial charge in [-0.1, -0.05) is 11.8 Å². The minimum Gasteiger partial charge on any atom is -0.391 e. The van der Waals surface area contributed by atoms with Crippen molar-refractivity contribution in [3.05, 3.63) is 10.5 Å². The highest BCUT2D eigenvalue weighted by Gasteiger charge is 2.07. The molecule has 6 nitrogen and oxygen atoms in total. The van der Waals surface area contributed by atoms with Crippen LogP contribution in [0.25, 0.3) is 0 Å². The van der Waals surface area contributed by atoms with Gasteiger partial charge in [-0.2, -0.15) is 0 Å². The first-order chi connectivity index (χ1) is 6.15. The Kier molecular flexibility index (Phi) is 3.52. The third kappa shape index (κ3) is 2.58. The van der Waals surface area contributed by atoms with Crippen LogP contribution in [0.1, 0.15) is 0 Å². The SMILES string of the molecule is Cn1c(SCC(O)CN)n[nH]c1=O. The number of H-pyrrole nitrogens is 1. The van der Waals surface area contributed by atoms with Gasteiger partial charge in [-0.25, -0.2) is 9.89 Å². The van der Waals surface area contributed by atoms with Gasteiger partial charge in [0.1, 0.15) is 0 Å². The smallest absolute Gasteiger partial charge is 0.343 e. The van der Waals surface area contributed by atoms with Crippen molar-refractivity contribution in [1.29, 1.82) is 0 Å². The van der Waals surface area contributed by atoms with E-state index in [0.717, 1.165) is 0 Å². The summed E-state index contributed by atoms with van der Waals surface area (Å²) in [6.07, 6.45) is -0.559. The van der Waals surface area contributed by atoms with E-state index in [9.17, 15) is 4.79 Å². The molecule has 7 heteroatoms. The van der Waals surface area contributed by atoms with Gasteiger partial charge in [0.25, 0.3) is 0 Å². The van der Waals surface area contributed by atoms with E-state index >= 15 is 0 Å². The standard InChI is InChI=1S/C6H12N4O2S/c1-10-5(12)8-9-6(10)13-3-4(11)2-7/h4,11H,2-3,7H2,1H3,(H,8,12). The average molecular weight is 204 g/mol. The van der Waals surface area contributed by atoms with Crippen molar-refractivity contribution in [3.63, 3.8) is 0 Å². The number of aliphatic hydroxyl groups is 1. The molecule has 0 amide bonds. The van der Waals surface area contributed by atoms with Crippen molar-refractivity contribution in [2.45, 2.75) is 11.3 Å². The highest BCUT2D eigenvalue weighted by molar-refractivity contribution is 7.99. The van der Waals surface area contributed by atoms with Gasteiger partial charge in [0.05, 0.1) is 6.10 Å². The monoisotopic (exact) mass is 204 g/mol. The van der Waals surface area contributed by atoms with Gasteiger partial charge in [0.15, 0.2) is 5.16 Å². The maximum absolute atomic E-state index is 10.9. The summed E-state index contributed by atoms with van der Waals surface area (Å²) >= 11 is 1.29. The zero-order chi connectivity index (χ0) is 9.84. The summed E-state index contributed by atoms with van der Waals surface area (Å²) in [4.78, 5) is 10.9. The number of thioether (sulfide) groups is 1. The van der Waals surface area contributed by atoms with Crippen LogP contribution < -0.4 is 11.4 Å². The van der Waals surface area contributed by atoms with E-state index in [0.29, 0.717) is 10.9 Å². The van der Waals surface area contributed by atoms with Gasteiger partial charge in [0, 0.05) is 19.3 Å². The molecular weight excluding hydrogens is 192 g/mol. The topological polar surface area (TPSA) is 96.9 Å². The summed E-state index contributed by atoms with van der Waals surface area (Å²) < 4.78 is 1.38. The van der Waals surface area contributed by atoms with Crippen molar-refractivity contribution in [2.75, 3.05) is 12.3 Å². The molecule has 0 spiro atoms. The first kappa shape index (κ1) is 10.3. The number of rotatable bonds is 4. The molecule has 0 saturated carbocycles. The van der Waals surface area contributed by atoms with Crippen molar-refractivity contribution in [1.82, 2.24) is 14.8 Å². The van der Waals surface area contributed by atoms with Gasteiger partial charge < -0.3 is 10.8 Å². The molecule has 13 heavy (non-hydrogen) atoms. The molecule has 1 aromatic heterocycles. The van der Waals surface area contributed by atoms with Crippen molar-refractivity contribution in [2.24, 2.45) is 12.8 Å². The summed E-state index contributed by atoms with van der Waals surface area (Å²) in [7, 11) is 1.61. The zero-order valence-electron chi connectivity index (χ0n) is 7.23. The molecule has 0 aliphatic carbocycles. The molecule has 0 aromatic carbocycles. The minimum atomic E-state index is -0.559. The number of aliphatic hydroxyl groups excluding tert-OH is 1. The molecule has 74 valence electrons. The Balaban J connectivity index is 2.55. The number of nitrogens with two attached hydrogens (primary N) is 1. The molecule has 0 aliphatic heterocycles. The van der Waals surface area contributed by atoms with E-state index in [1.807, 2.05) is 0 Å². The maximum atomic E-state index is 10.9. The number of nitrogens with one attached hydrogen (secondary N) is 1. The Labute approximate surface area is 79.1 Å². The second-order valence-corrected chi connectivity index (χ2v) is 3.56. The van der Waals surface area contributed by atoms with Gasteiger partial charge in [0.2, 0.25) is 0 Å². The molecule has 1 aromatic rings. The Morgan fingerprint density at radius 2 is 2.54 bits per heavy atom. The zero-order valence-corrected chi connectivity index (χ0v) is 8.04. The largest absolute Gasteiger partial charge is 0.391 e. The van der Waals surface area contributed by atoms with Crippen LogP contribution in [-0.2, 0) is 7.05 Å². The number of hydrogen-bond acceptors (Lipinski definition) is 5. The molecule has 1 atom stereocenters. The summed E-state index contributed by atoms with van der Waals surface area (Å²) in [5, 5.41) is 15.8. The van der Waals surface area contributed by atoms with Gasteiger partial charge in [-0.15, -0.1) is 5.10 Å². The van der Waals surface area contributed by atoms with Crippen molar-refractivity contribution >= 4 is 11.8 Å². The summed E-state index contributed by atoms with van der Waals surface area (Å²) in [6.45, 7) is 0.214. The lowest BCUT2D eigenvalue weighted by molar-refractivity contribution is 0.208. The highest BCUT2D eigenvalue weighted by Crippen LogP contribution is 2.12. The van der Waals surface area contributed by atoms with E-state index in [1.54, 1.807) is 7.05 Å². The van der Waals surface area contributed by atoms with Crippen LogP contribution in [0.2, 0.25) is 0 Å². The second-order valence-electron chi connectivity index (χ2n) is 2.57. The van der Waals surface area contributed by atoms with Crippen LogP contribution in [0, 0.1) is 0 Å². The maximum Gasteiger partial charge on any atom is 0.343 e. The predicted molar refractivity (Wildman–Crippen MR) is 49.6 cm³/mol. The van der Waals surface area contributed by atoms with E-state index < -0.39 is 6.10 Å². The van der Waals surface area contributed by atoms with Crippen LogP contribution in [-0.4, -0.2) is 38.3 Å². The molecule has 0 fully saturated rings. The van der Waals surface area contributed by atoms with E-state index in [-0.39, 0.29) is 12.2 Å². The van der Waals surface area contributed by atoms with Crippen LogP contribution in [0.4, 0.5) is 0 Å². The molecule has 0 saturated heterocycles. The van der Waals surface area contributed by atoms with Gasteiger partial charge in [-0.3, -0.25) is 4.57 Å². The van der Waals surface area contributed by atoms with Crippen LogP contribution in [0.3, 0.4) is 0 Å².